The predicted octanol–water partition coefficient (Wildman–Crippen LogP) is 8.37. The van der Waals surface area contributed by atoms with Crippen molar-refractivity contribution in [2.75, 3.05) is 26.2 Å². The first-order valence-corrected chi connectivity index (χ1v) is 19.6. The zero-order valence-electron chi connectivity index (χ0n) is 29.4. The van der Waals surface area contributed by atoms with Crippen molar-refractivity contribution in [1.29, 1.82) is 0 Å². The minimum atomic E-state index is -0.718. The summed E-state index contributed by atoms with van der Waals surface area (Å²) >= 11 is 10.2. The second-order valence-corrected chi connectivity index (χ2v) is 15.6. The number of carbonyl (C=O) groups is 2. The molecule has 1 unspecified atom stereocenters. The molecule has 2 atom stereocenters. The van der Waals surface area contributed by atoms with Gasteiger partial charge in [0, 0.05) is 66.9 Å². The lowest BCUT2D eigenvalue weighted by Crippen LogP contribution is -2.62. The van der Waals surface area contributed by atoms with E-state index in [2.05, 4.69) is 81.0 Å². The molecule has 1 aliphatic heterocycles. The Hall–Kier alpha value is -3.66. The van der Waals surface area contributed by atoms with Crippen LogP contribution in [0.25, 0.3) is 0 Å². The molecule has 10 heteroatoms. The van der Waals surface area contributed by atoms with Crippen molar-refractivity contribution in [1.82, 2.24) is 24.3 Å². The van der Waals surface area contributed by atoms with E-state index in [1.54, 1.807) is 4.90 Å². The highest BCUT2D eigenvalue weighted by Crippen LogP contribution is 2.39. The first kappa shape index (κ1) is 35.7. The van der Waals surface area contributed by atoms with E-state index >= 15 is 4.79 Å². The molecule has 3 heterocycles. The lowest BCUT2D eigenvalue weighted by Gasteiger charge is -2.45. The summed E-state index contributed by atoms with van der Waals surface area (Å²) in [6.45, 7) is 5.27. The summed E-state index contributed by atoms with van der Waals surface area (Å²) in [5.74, 6) is -0.0534. The van der Waals surface area contributed by atoms with Crippen LogP contribution in [-0.2, 0) is 35.5 Å². The fourth-order valence-corrected chi connectivity index (χ4v) is 8.68. The van der Waals surface area contributed by atoms with E-state index < -0.39 is 6.04 Å². The second-order valence-electron chi connectivity index (χ2n) is 14.2. The van der Waals surface area contributed by atoms with Gasteiger partial charge in [0.05, 0.1) is 11.7 Å². The molecule has 268 valence electrons. The highest BCUT2D eigenvalue weighted by atomic mass is 79.9. The molecule has 4 aromatic rings. The van der Waals surface area contributed by atoms with Gasteiger partial charge in [-0.25, -0.2) is 4.79 Å². The minimum Gasteiger partial charge on any atom is -0.446 e. The fraction of sp³-hybridized carbons (Fsp3) is 0.439. The van der Waals surface area contributed by atoms with Crippen molar-refractivity contribution in [3.8, 4) is 0 Å². The summed E-state index contributed by atoms with van der Waals surface area (Å²) in [4.78, 5) is 40.1. The molecule has 0 radical (unpaired) electrons. The quantitative estimate of drug-likeness (QED) is 0.171. The molecule has 1 saturated carbocycles. The Morgan fingerprint density at radius 2 is 1.78 bits per heavy atom. The Kier molecular flexibility index (Phi) is 11.5. The molecule has 1 saturated heterocycles. The molecule has 2 aliphatic carbocycles. The Labute approximate surface area is 314 Å². The van der Waals surface area contributed by atoms with Crippen LogP contribution in [0.2, 0.25) is 5.02 Å². The number of amides is 2. The number of aryl methyl sites for hydroxylation is 4. The average Bonchev–Trinajstić information content (AvgIpc) is 3.48. The number of hydrogen-bond acceptors (Lipinski definition) is 5. The summed E-state index contributed by atoms with van der Waals surface area (Å²) in [7, 11) is 0. The van der Waals surface area contributed by atoms with E-state index in [0.29, 0.717) is 37.7 Å². The van der Waals surface area contributed by atoms with E-state index in [1.165, 1.54) is 23.2 Å². The molecule has 2 aromatic heterocycles. The lowest BCUT2D eigenvalue weighted by atomic mass is 9.95. The van der Waals surface area contributed by atoms with Gasteiger partial charge in [-0.05, 0) is 120 Å². The van der Waals surface area contributed by atoms with Crippen LogP contribution in [-0.4, -0.2) is 74.6 Å². The monoisotopic (exact) mass is 771 g/mol. The number of halogens is 2. The average molecular weight is 773 g/mol. The van der Waals surface area contributed by atoms with Gasteiger partial charge in [0.15, 0.2) is 0 Å². The summed E-state index contributed by atoms with van der Waals surface area (Å²) < 4.78 is 9.32. The van der Waals surface area contributed by atoms with Crippen molar-refractivity contribution in [3.05, 3.63) is 122 Å². The van der Waals surface area contributed by atoms with Crippen LogP contribution >= 0.6 is 27.5 Å². The molecule has 7 rings (SSSR count). The smallest absolute Gasteiger partial charge is 0.410 e. The van der Waals surface area contributed by atoms with Gasteiger partial charge in [-0.1, -0.05) is 54.4 Å². The maximum atomic E-state index is 15.0. The molecular formula is C41H47BrClN5O3. The van der Waals surface area contributed by atoms with Crippen molar-refractivity contribution in [2.45, 2.75) is 89.6 Å². The normalized spacial score (nSPS) is 19.5. The first-order valence-electron chi connectivity index (χ1n) is 18.4. The molecule has 3 aliphatic rings. The van der Waals surface area contributed by atoms with Gasteiger partial charge < -0.3 is 14.2 Å². The molecular weight excluding hydrogens is 726 g/mol. The van der Waals surface area contributed by atoms with E-state index in [1.807, 2.05) is 35.4 Å². The predicted molar refractivity (Wildman–Crippen MR) is 204 cm³/mol. The maximum Gasteiger partial charge on any atom is 0.410 e. The topological polar surface area (TPSA) is 70.9 Å². The number of pyridine rings is 1. The third-order valence-electron chi connectivity index (χ3n) is 10.8. The van der Waals surface area contributed by atoms with Crippen molar-refractivity contribution < 1.29 is 14.3 Å². The van der Waals surface area contributed by atoms with Crippen molar-refractivity contribution in [2.24, 2.45) is 0 Å². The highest BCUT2D eigenvalue weighted by molar-refractivity contribution is 9.10. The van der Waals surface area contributed by atoms with Gasteiger partial charge in [-0.3, -0.25) is 19.6 Å². The van der Waals surface area contributed by atoms with Crippen LogP contribution in [0.1, 0.15) is 78.2 Å². The van der Waals surface area contributed by atoms with Gasteiger partial charge in [0.25, 0.3) is 0 Å². The summed E-state index contributed by atoms with van der Waals surface area (Å²) in [6, 6.07) is 21.7. The van der Waals surface area contributed by atoms with Crippen molar-refractivity contribution in [3.63, 3.8) is 0 Å². The zero-order valence-corrected chi connectivity index (χ0v) is 31.7. The number of hydrogen-bond donors (Lipinski definition) is 0. The SMILES string of the molecule is Cc1cccn1CCCN(Cc1ccccc1)C(=O)[C@H]1CN(C2c3ccc(Cl)cc3CCc3cc(Br)cnc32)CCN1C(=O)OC1CCCCC1. The Morgan fingerprint density at radius 1 is 0.980 bits per heavy atom. The van der Waals surface area contributed by atoms with Crippen LogP contribution in [0.4, 0.5) is 4.79 Å². The maximum absolute atomic E-state index is 15.0. The third kappa shape index (κ3) is 8.37. The number of aromatic nitrogens is 2. The number of ether oxygens (including phenoxy) is 1. The fourth-order valence-electron chi connectivity index (χ4n) is 8.11. The van der Waals surface area contributed by atoms with Crippen LogP contribution < -0.4 is 0 Å². The molecule has 0 spiro atoms. The van der Waals surface area contributed by atoms with Crippen LogP contribution in [0.5, 0.6) is 0 Å². The number of rotatable bonds is 9. The molecule has 2 amide bonds. The minimum absolute atomic E-state index is 0.0534. The molecule has 0 bridgehead atoms. The number of nitrogens with zero attached hydrogens (tertiary/aromatic N) is 5. The van der Waals surface area contributed by atoms with Gasteiger partial charge in [-0.15, -0.1) is 0 Å². The van der Waals surface area contributed by atoms with E-state index in [4.69, 9.17) is 21.3 Å². The number of fused-ring (bicyclic) bond motifs is 2. The standard InChI is InChI=1S/C41H47BrClN5O3/c1-29-10-8-19-45(29)20-9-21-47(27-30-11-4-2-5-12-30)40(49)37-28-46(22-23-48(37)41(50)51-35-13-6-3-7-14-35)39-36-18-17-34(43)25-31(36)15-16-32-24-33(42)26-44-38(32)39/h2,4-5,8,10-12,17-19,24-26,35,37,39H,3,6-7,9,13-16,20-23,27-28H2,1H3/t37-,39?/m1/s1. The Morgan fingerprint density at radius 3 is 2.57 bits per heavy atom. The zero-order chi connectivity index (χ0) is 35.3. The second kappa shape index (κ2) is 16.3. The molecule has 2 fully saturated rings. The van der Waals surface area contributed by atoms with Crippen molar-refractivity contribution >= 4 is 39.5 Å². The summed E-state index contributed by atoms with van der Waals surface area (Å²) in [5, 5.41) is 0.711. The highest BCUT2D eigenvalue weighted by Gasteiger charge is 2.43. The first-order chi connectivity index (χ1) is 24.8. The van der Waals surface area contributed by atoms with Crippen LogP contribution in [0.15, 0.2) is 83.6 Å². The van der Waals surface area contributed by atoms with Gasteiger partial charge >= 0.3 is 6.09 Å². The van der Waals surface area contributed by atoms with E-state index in [9.17, 15) is 4.79 Å². The lowest BCUT2D eigenvalue weighted by molar-refractivity contribution is -0.140. The van der Waals surface area contributed by atoms with E-state index in [-0.39, 0.29) is 24.1 Å². The van der Waals surface area contributed by atoms with Crippen LogP contribution in [0.3, 0.4) is 0 Å². The number of benzene rings is 2. The van der Waals surface area contributed by atoms with Crippen LogP contribution in [0, 0.1) is 6.92 Å². The summed E-state index contributed by atoms with van der Waals surface area (Å²) in [6.07, 6.45) is 11.0. The molecule has 51 heavy (non-hydrogen) atoms. The van der Waals surface area contributed by atoms with Gasteiger partial charge in [0.2, 0.25) is 5.91 Å². The molecule has 8 nitrogen and oxygen atoms in total. The number of piperazine rings is 1. The van der Waals surface area contributed by atoms with E-state index in [0.717, 1.165) is 72.8 Å². The molecule has 0 N–H and O–H groups in total. The Balaban J connectivity index is 1.22. The van der Waals surface area contributed by atoms with Gasteiger partial charge in [0.1, 0.15) is 12.1 Å². The Bertz CT molecular complexity index is 1770. The third-order valence-corrected chi connectivity index (χ3v) is 11.5. The van der Waals surface area contributed by atoms with Gasteiger partial charge in [-0.2, -0.15) is 0 Å². The number of carbonyl (C=O) groups excluding carboxylic acids is 2. The summed E-state index contributed by atoms with van der Waals surface area (Å²) in [5.41, 5.74) is 6.77. The molecule has 2 aromatic carbocycles. The largest absolute Gasteiger partial charge is 0.446 e.